The van der Waals surface area contributed by atoms with Crippen LogP contribution in [0.15, 0.2) is 12.1 Å². The van der Waals surface area contributed by atoms with E-state index in [0.29, 0.717) is 25.9 Å². The van der Waals surface area contributed by atoms with Crippen LogP contribution < -0.4 is 15.1 Å². The van der Waals surface area contributed by atoms with Crippen LogP contribution in [0.25, 0.3) is 0 Å². The number of sulfone groups is 1. The highest BCUT2D eigenvalue weighted by molar-refractivity contribution is 7.91. The van der Waals surface area contributed by atoms with Crippen LogP contribution in [0.5, 0.6) is 0 Å². The zero-order chi connectivity index (χ0) is 23.3. The minimum atomic E-state index is -3.03. The van der Waals surface area contributed by atoms with Gasteiger partial charge in [0.05, 0.1) is 30.3 Å². The van der Waals surface area contributed by atoms with E-state index in [4.69, 9.17) is 4.74 Å². The maximum absolute atomic E-state index is 15.1. The van der Waals surface area contributed by atoms with E-state index < -0.39 is 33.7 Å². The Bertz CT molecular complexity index is 1030. The van der Waals surface area contributed by atoms with Crippen molar-refractivity contribution < 1.29 is 31.5 Å². The van der Waals surface area contributed by atoms with Gasteiger partial charge in [0.2, 0.25) is 5.91 Å². The average molecular weight is 484 g/mol. The number of rotatable bonds is 5. The van der Waals surface area contributed by atoms with Gasteiger partial charge in [-0.25, -0.2) is 22.0 Å². The maximum Gasteiger partial charge on any atom is 0.414 e. The summed E-state index contributed by atoms with van der Waals surface area (Å²) in [6.45, 7) is 1.06. The Labute approximate surface area is 191 Å². The molecule has 3 aliphatic heterocycles. The number of hydrogen-bond acceptors (Lipinski definition) is 6. The molecule has 11 heteroatoms. The summed E-state index contributed by atoms with van der Waals surface area (Å²) in [6, 6.07) is 2.26. The molecule has 3 saturated heterocycles. The number of carbonyl (C=O) groups is 2. The van der Waals surface area contributed by atoms with E-state index in [1.807, 2.05) is 0 Å². The first-order valence-corrected chi connectivity index (χ1v) is 13.2. The summed E-state index contributed by atoms with van der Waals surface area (Å²) in [7, 11) is -3.03. The third kappa shape index (κ3) is 4.64. The van der Waals surface area contributed by atoms with Crippen LogP contribution in [-0.4, -0.2) is 64.2 Å². The van der Waals surface area contributed by atoms with E-state index in [9.17, 15) is 18.0 Å². The normalized spacial score (nSPS) is 28.9. The van der Waals surface area contributed by atoms with Gasteiger partial charge in [-0.15, -0.1) is 0 Å². The highest BCUT2D eigenvalue weighted by atomic mass is 32.2. The van der Waals surface area contributed by atoms with Gasteiger partial charge in [0, 0.05) is 31.1 Å². The zero-order valence-electron chi connectivity index (χ0n) is 18.1. The Kier molecular flexibility index (Phi) is 5.70. The molecule has 5 rings (SSSR count). The largest absolute Gasteiger partial charge is 0.442 e. The number of cyclic esters (lactones) is 1. The molecular formula is C22H27F2N3O5S. The van der Waals surface area contributed by atoms with Crippen molar-refractivity contribution in [3.05, 3.63) is 23.8 Å². The van der Waals surface area contributed by atoms with Gasteiger partial charge in [0.15, 0.2) is 11.6 Å². The number of carbonyl (C=O) groups excluding carboxylic acids is 2. The molecule has 8 nitrogen and oxygen atoms in total. The molecule has 3 atom stereocenters. The number of ether oxygens (including phenoxy) is 1. The number of hydrogen-bond donors (Lipinski definition) is 1. The van der Waals surface area contributed by atoms with Crippen LogP contribution in [0.1, 0.15) is 25.7 Å². The van der Waals surface area contributed by atoms with Crippen LogP contribution in [0.2, 0.25) is 0 Å². The molecule has 1 N–H and O–H groups in total. The Morgan fingerprint density at radius 1 is 1.03 bits per heavy atom. The number of halogens is 2. The first-order chi connectivity index (χ1) is 15.7. The zero-order valence-corrected chi connectivity index (χ0v) is 19.0. The standard InChI is InChI=1S/C22H27F2N3O5S/c23-18-7-16(27-12-17(32-22(27)29)9-25-21(28)13-1-2-13)8-19(24)20(18)26-10-14-3-5-33(30,31)6-4-15(14)11-26/h7-8,13-15,17H,1-6,9-12H2,(H,25,28)/t14?,15?,17-/m0/s1. The number of benzene rings is 1. The van der Waals surface area contributed by atoms with Crippen molar-refractivity contribution in [1.82, 2.24) is 5.32 Å². The van der Waals surface area contributed by atoms with Gasteiger partial charge in [-0.3, -0.25) is 9.69 Å². The van der Waals surface area contributed by atoms with Crippen molar-refractivity contribution >= 4 is 33.2 Å². The van der Waals surface area contributed by atoms with Gasteiger partial charge < -0.3 is 15.0 Å². The van der Waals surface area contributed by atoms with Crippen molar-refractivity contribution in [2.45, 2.75) is 31.8 Å². The molecule has 1 aromatic rings. The first-order valence-electron chi connectivity index (χ1n) is 11.4. The summed E-state index contributed by atoms with van der Waals surface area (Å²) in [5.41, 5.74) is -0.0789. The van der Waals surface area contributed by atoms with Gasteiger partial charge >= 0.3 is 6.09 Å². The lowest BCUT2D eigenvalue weighted by Gasteiger charge is -2.22. The fourth-order valence-electron chi connectivity index (χ4n) is 5.09. The lowest BCUT2D eigenvalue weighted by Crippen LogP contribution is -2.35. The second kappa shape index (κ2) is 8.41. The van der Waals surface area contributed by atoms with Crippen molar-refractivity contribution in [3.63, 3.8) is 0 Å². The molecule has 2 unspecified atom stereocenters. The predicted molar refractivity (Wildman–Crippen MR) is 117 cm³/mol. The molecule has 1 saturated carbocycles. The van der Waals surface area contributed by atoms with E-state index in [1.54, 1.807) is 4.90 Å². The molecule has 0 aromatic heterocycles. The molecule has 0 bridgehead atoms. The Morgan fingerprint density at radius 3 is 2.21 bits per heavy atom. The van der Waals surface area contributed by atoms with Crippen LogP contribution in [0.4, 0.5) is 25.0 Å². The molecule has 4 fully saturated rings. The fraction of sp³-hybridized carbons (Fsp3) is 0.636. The first kappa shape index (κ1) is 22.4. The lowest BCUT2D eigenvalue weighted by molar-refractivity contribution is -0.122. The van der Waals surface area contributed by atoms with E-state index in [0.717, 1.165) is 25.0 Å². The van der Waals surface area contributed by atoms with Crippen molar-refractivity contribution in [2.24, 2.45) is 17.8 Å². The van der Waals surface area contributed by atoms with E-state index >= 15 is 8.78 Å². The molecular weight excluding hydrogens is 456 g/mol. The van der Waals surface area contributed by atoms with E-state index in [-0.39, 0.29) is 59.6 Å². The highest BCUT2D eigenvalue weighted by Gasteiger charge is 2.39. The van der Waals surface area contributed by atoms with Gasteiger partial charge in [-0.2, -0.15) is 0 Å². The van der Waals surface area contributed by atoms with Crippen LogP contribution >= 0.6 is 0 Å². The molecule has 180 valence electrons. The topological polar surface area (TPSA) is 96.0 Å². The minimum Gasteiger partial charge on any atom is -0.442 e. The van der Waals surface area contributed by atoms with Crippen molar-refractivity contribution in [2.75, 3.05) is 47.5 Å². The van der Waals surface area contributed by atoms with Crippen LogP contribution in [-0.2, 0) is 19.4 Å². The second-order valence-electron chi connectivity index (χ2n) is 9.55. The number of nitrogens with zero attached hydrogens (tertiary/aromatic N) is 2. The van der Waals surface area contributed by atoms with Crippen molar-refractivity contribution in [3.8, 4) is 0 Å². The average Bonchev–Trinajstić information content (AvgIpc) is 3.45. The van der Waals surface area contributed by atoms with E-state index in [2.05, 4.69) is 5.32 Å². The molecule has 0 spiro atoms. The second-order valence-corrected chi connectivity index (χ2v) is 11.9. The molecule has 1 aliphatic carbocycles. The smallest absolute Gasteiger partial charge is 0.414 e. The summed E-state index contributed by atoms with van der Waals surface area (Å²) in [5, 5.41) is 2.75. The number of amides is 2. The SMILES string of the molecule is O=C(NC[C@H]1CN(c2cc(F)c(N3CC4CCS(=O)(=O)CCC4C3)c(F)c2)C(=O)O1)C1CC1. The van der Waals surface area contributed by atoms with Crippen molar-refractivity contribution in [1.29, 1.82) is 0 Å². The molecule has 3 heterocycles. The predicted octanol–water partition coefficient (Wildman–Crippen LogP) is 2.08. The quantitative estimate of drug-likeness (QED) is 0.689. The molecule has 1 aromatic carbocycles. The van der Waals surface area contributed by atoms with Gasteiger partial charge in [0.25, 0.3) is 0 Å². The van der Waals surface area contributed by atoms with Gasteiger partial charge in [-0.1, -0.05) is 0 Å². The summed E-state index contributed by atoms with van der Waals surface area (Å²) in [5.74, 6) is -1.17. The lowest BCUT2D eigenvalue weighted by atomic mass is 9.92. The van der Waals surface area contributed by atoms with Crippen LogP contribution in [0.3, 0.4) is 0 Å². The monoisotopic (exact) mass is 483 g/mol. The minimum absolute atomic E-state index is 0.0390. The van der Waals surface area contributed by atoms with E-state index in [1.165, 1.54) is 4.90 Å². The number of fused-ring (bicyclic) bond motifs is 1. The molecule has 0 radical (unpaired) electrons. The molecule has 2 amide bonds. The van der Waals surface area contributed by atoms with Gasteiger partial charge in [0.1, 0.15) is 21.6 Å². The Hall–Kier alpha value is -2.43. The van der Waals surface area contributed by atoms with Crippen LogP contribution in [0, 0.1) is 29.4 Å². The third-order valence-corrected chi connectivity index (χ3v) is 8.85. The number of anilines is 2. The third-order valence-electron chi connectivity index (χ3n) is 7.13. The summed E-state index contributed by atoms with van der Waals surface area (Å²) in [6.07, 6.45) is 1.44. The maximum atomic E-state index is 15.1. The van der Waals surface area contributed by atoms with Gasteiger partial charge in [-0.05, 0) is 37.5 Å². The summed E-state index contributed by atoms with van der Waals surface area (Å²) >= 11 is 0. The molecule has 33 heavy (non-hydrogen) atoms. The Morgan fingerprint density at radius 2 is 1.64 bits per heavy atom. The highest BCUT2D eigenvalue weighted by Crippen LogP contribution is 2.38. The fourth-order valence-corrected chi connectivity index (χ4v) is 6.62. The molecule has 4 aliphatic rings. The summed E-state index contributed by atoms with van der Waals surface area (Å²) < 4.78 is 59.1. The Balaban J connectivity index is 1.26. The summed E-state index contributed by atoms with van der Waals surface area (Å²) in [4.78, 5) is 26.9. The number of nitrogens with one attached hydrogen (secondary N) is 1.